The number of carbonyl (C=O) groups excluding carboxylic acids is 1. The zero-order valence-electron chi connectivity index (χ0n) is 12.0. The van der Waals surface area contributed by atoms with Crippen LogP contribution in [0.1, 0.15) is 35.3 Å². The number of aromatic amines is 1. The third-order valence-corrected chi connectivity index (χ3v) is 4.05. The van der Waals surface area contributed by atoms with E-state index in [4.69, 9.17) is 4.74 Å². The Balaban J connectivity index is 2.01. The van der Waals surface area contributed by atoms with E-state index in [0.717, 1.165) is 53.8 Å². The van der Waals surface area contributed by atoms with Crippen molar-refractivity contribution in [2.24, 2.45) is 0 Å². The van der Waals surface area contributed by atoms with Gasteiger partial charge in [0.2, 0.25) is 0 Å². The number of aryl methyl sites for hydroxylation is 1. The number of piperidine rings is 1. The van der Waals surface area contributed by atoms with Crippen LogP contribution in [0.2, 0.25) is 0 Å². The first-order valence-electron chi connectivity index (χ1n) is 7.16. The van der Waals surface area contributed by atoms with Crippen molar-refractivity contribution in [1.29, 1.82) is 0 Å². The van der Waals surface area contributed by atoms with Gasteiger partial charge in [-0.25, -0.2) is 0 Å². The van der Waals surface area contributed by atoms with Crippen molar-refractivity contribution >= 4 is 16.8 Å². The number of fused-ring (bicyclic) bond motifs is 1. The lowest BCUT2D eigenvalue weighted by molar-refractivity contribution is 0.0725. The van der Waals surface area contributed by atoms with Gasteiger partial charge in [0.05, 0.1) is 18.2 Å². The topological polar surface area (TPSA) is 45.3 Å². The van der Waals surface area contributed by atoms with Gasteiger partial charge >= 0.3 is 0 Å². The third-order valence-electron chi connectivity index (χ3n) is 4.05. The van der Waals surface area contributed by atoms with Gasteiger partial charge in [0.25, 0.3) is 5.91 Å². The molecule has 0 spiro atoms. The summed E-state index contributed by atoms with van der Waals surface area (Å²) in [7, 11) is 1.65. The van der Waals surface area contributed by atoms with Crippen molar-refractivity contribution in [1.82, 2.24) is 9.88 Å². The highest BCUT2D eigenvalue weighted by atomic mass is 16.5. The van der Waals surface area contributed by atoms with Crippen LogP contribution in [0.25, 0.3) is 10.9 Å². The number of methoxy groups -OCH3 is 1. The van der Waals surface area contributed by atoms with E-state index in [-0.39, 0.29) is 5.91 Å². The molecule has 1 saturated heterocycles. The molecule has 1 N–H and O–H groups in total. The third kappa shape index (κ3) is 2.15. The lowest BCUT2D eigenvalue weighted by atomic mass is 10.1. The standard InChI is InChI=1S/C16H20N2O2/c1-11-15(16(19)18-8-4-3-5-9-18)13-7-6-12(20-2)10-14(13)17-11/h6-7,10,17H,3-5,8-9H2,1-2H3. The average molecular weight is 272 g/mol. The van der Waals surface area contributed by atoms with Crippen molar-refractivity contribution in [3.8, 4) is 5.75 Å². The first-order valence-corrected chi connectivity index (χ1v) is 7.16. The molecule has 0 radical (unpaired) electrons. The highest BCUT2D eigenvalue weighted by Crippen LogP contribution is 2.27. The van der Waals surface area contributed by atoms with Gasteiger partial charge in [0.1, 0.15) is 5.75 Å². The molecule has 4 heteroatoms. The molecule has 1 amide bonds. The zero-order chi connectivity index (χ0) is 14.1. The SMILES string of the molecule is COc1ccc2c(C(=O)N3CCCCC3)c(C)[nH]c2c1. The number of likely N-dealkylation sites (tertiary alicyclic amines) is 1. The summed E-state index contributed by atoms with van der Waals surface area (Å²) in [6.45, 7) is 3.71. The van der Waals surface area contributed by atoms with Crippen molar-refractivity contribution in [3.63, 3.8) is 0 Å². The van der Waals surface area contributed by atoms with E-state index in [9.17, 15) is 4.79 Å². The summed E-state index contributed by atoms with van der Waals surface area (Å²) in [6.07, 6.45) is 3.45. The summed E-state index contributed by atoms with van der Waals surface area (Å²) in [5.41, 5.74) is 2.70. The molecule has 1 aliphatic heterocycles. The summed E-state index contributed by atoms with van der Waals surface area (Å²) < 4.78 is 5.23. The predicted molar refractivity (Wildman–Crippen MR) is 79.3 cm³/mol. The molecule has 2 aromatic rings. The van der Waals surface area contributed by atoms with Crippen molar-refractivity contribution in [3.05, 3.63) is 29.5 Å². The maximum Gasteiger partial charge on any atom is 0.256 e. The summed E-state index contributed by atoms with van der Waals surface area (Å²) in [5, 5.41) is 0.985. The number of amides is 1. The van der Waals surface area contributed by atoms with Gasteiger partial charge in [0, 0.05) is 30.2 Å². The quantitative estimate of drug-likeness (QED) is 0.913. The van der Waals surface area contributed by atoms with Crippen LogP contribution >= 0.6 is 0 Å². The number of ether oxygens (including phenoxy) is 1. The molecular formula is C16H20N2O2. The van der Waals surface area contributed by atoms with Gasteiger partial charge in [-0.05, 0) is 38.3 Å². The van der Waals surface area contributed by atoms with E-state index < -0.39 is 0 Å². The summed E-state index contributed by atoms with van der Waals surface area (Å²) >= 11 is 0. The molecule has 0 atom stereocenters. The molecule has 2 heterocycles. The molecule has 20 heavy (non-hydrogen) atoms. The Morgan fingerprint density at radius 2 is 2.00 bits per heavy atom. The molecule has 0 unspecified atom stereocenters. The molecule has 0 bridgehead atoms. The fraction of sp³-hybridized carbons (Fsp3) is 0.438. The Labute approximate surface area is 118 Å². The Hall–Kier alpha value is -1.97. The molecule has 1 aromatic carbocycles. The number of hydrogen-bond acceptors (Lipinski definition) is 2. The van der Waals surface area contributed by atoms with Crippen molar-refractivity contribution in [2.75, 3.05) is 20.2 Å². The number of benzene rings is 1. The van der Waals surface area contributed by atoms with E-state index in [1.54, 1.807) is 7.11 Å². The van der Waals surface area contributed by atoms with E-state index in [1.807, 2.05) is 30.0 Å². The number of hydrogen-bond donors (Lipinski definition) is 1. The molecule has 106 valence electrons. The van der Waals surface area contributed by atoms with E-state index in [1.165, 1.54) is 6.42 Å². The minimum atomic E-state index is 0.151. The molecule has 3 rings (SSSR count). The maximum atomic E-state index is 12.7. The number of nitrogens with zero attached hydrogens (tertiary/aromatic N) is 1. The lowest BCUT2D eigenvalue weighted by Crippen LogP contribution is -2.35. The molecule has 1 aromatic heterocycles. The number of carbonyl (C=O) groups is 1. The number of aromatic nitrogens is 1. The Morgan fingerprint density at radius 1 is 1.25 bits per heavy atom. The highest BCUT2D eigenvalue weighted by molar-refractivity contribution is 6.08. The Kier molecular flexibility index (Phi) is 3.38. The van der Waals surface area contributed by atoms with Gasteiger partial charge < -0.3 is 14.6 Å². The van der Waals surface area contributed by atoms with Crippen LogP contribution < -0.4 is 4.74 Å². The molecule has 4 nitrogen and oxygen atoms in total. The van der Waals surface area contributed by atoms with Crippen LogP contribution in [0.3, 0.4) is 0 Å². The average Bonchev–Trinajstić information content (AvgIpc) is 2.82. The van der Waals surface area contributed by atoms with Gasteiger partial charge in [0.15, 0.2) is 0 Å². The molecule has 0 saturated carbocycles. The summed E-state index contributed by atoms with van der Waals surface area (Å²) in [6, 6.07) is 5.81. The van der Waals surface area contributed by atoms with Crippen LogP contribution in [-0.4, -0.2) is 36.0 Å². The molecule has 1 aliphatic rings. The van der Waals surface area contributed by atoms with Gasteiger partial charge in [-0.1, -0.05) is 0 Å². The minimum absolute atomic E-state index is 0.151. The highest BCUT2D eigenvalue weighted by Gasteiger charge is 2.23. The Morgan fingerprint density at radius 3 is 2.70 bits per heavy atom. The second-order valence-electron chi connectivity index (χ2n) is 5.39. The molecular weight excluding hydrogens is 252 g/mol. The van der Waals surface area contributed by atoms with E-state index >= 15 is 0 Å². The van der Waals surface area contributed by atoms with Crippen LogP contribution in [0.4, 0.5) is 0 Å². The van der Waals surface area contributed by atoms with Gasteiger partial charge in [-0.3, -0.25) is 4.79 Å². The van der Waals surface area contributed by atoms with Crippen LogP contribution in [0, 0.1) is 6.92 Å². The van der Waals surface area contributed by atoms with E-state index in [2.05, 4.69) is 4.98 Å². The number of nitrogens with one attached hydrogen (secondary N) is 1. The monoisotopic (exact) mass is 272 g/mol. The smallest absolute Gasteiger partial charge is 0.256 e. The van der Waals surface area contributed by atoms with Crippen LogP contribution in [-0.2, 0) is 0 Å². The number of H-pyrrole nitrogens is 1. The second kappa shape index (κ2) is 5.19. The molecule has 0 aliphatic carbocycles. The Bertz CT molecular complexity index is 639. The summed E-state index contributed by atoms with van der Waals surface area (Å²) in [5.74, 6) is 0.953. The fourth-order valence-electron chi connectivity index (χ4n) is 2.97. The van der Waals surface area contributed by atoms with E-state index in [0.29, 0.717) is 0 Å². The fourth-order valence-corrected chi connectivity index (χ4v) is 2.97. The first-order chi connectivity index (χ1) is 9.70. The van der Waals surface area contributed by atoms with Gasteiger partial charge in [-0.2, -0.15) is 0 Å². The van der Waals surface area contributed by atoms with Crippen molar-refractivity contribution in [2.45, 2.75) is 26.2 Å². The van der Waals surface area contributed by atoms with Crippen LogP contribution in [0.15, 0.2) is 18.2 Å². The largest absolute Gasteiger partial charge is 0.497 e. The summed E-state index contributed by atoms with van der Waals surface area (Å²) in [4.78, 5) is 18.0. The predicted octanol–water partition coefficient (Wildman–Crippen LogP) is 3.11. The molecule has 1 fully saturated rings. The minimum Gasteiger partial charge on any atom is -0.497 e. The van der Waals surface area contributed by atoms with Crippen LogP contribution in [0.5, 0.6) is 5.75 Å². The normalized spacial score (nSPS) is 15.6. The van der Waals surface area contributed by atoms with Crippen molar-refractivity contribution < 1.29 is 9.53 Å². The first kappa shape index (κ1) is 13.0. The lowest BCUT2D eigenvalue weighted by Gasteiger charge is -2.26. The second-order valence-corrected chi connectivity index (χ2v) is 5.39. The number of rotatable bonds is 2. The zero-order valence-corrected chi connectivity index (χ0v) is 12.0. The maximum absolute atomic E-state index is 12.7. The van der Waals surface area contributed by atoms with Gasteiger partial charge in [-0.15, -0.1) is 0 Å².